The second-order valence-corrected chi connectivity index (χ2v) is 11.3. The molecule has 1 N–H and O–H groups in total. The summed E-state index contributed by atoms with van der Waals surface area (Å²) in [7, 11) is 0. The molecule has 4 aromatic rings. The lowest BCUT2D eigenvalue weighted by atomic mass is 9.94. The van der Waals surface area contributed by atoms with E-state index in [2.05, 4.69) is 5.32 Å². The number of ketones is 1. The first-order valence-electron chi connectivity index (χ1n) is 12.9. The summed E-state index contributed by atoms with van der Waals surface area (Å²) in [5.74, 6) is -0.367. The van der Waals surface area contributed by atoms with Gasteiger partial charge in [0.05, 0.1) is 24.0 Å². The van der Waals surface area contributed by atoms with Gasteiger partial charge < -0.3 is 5.32 Å². The number of amides is 1. The monoisotopic (exact) mass is 530 g/mol. The maximum absolute atomic E-state index is 13.9. The number of fused-ring (bicyclic) bond motifs is 1. The molecular weight excluding hydrogens is 500 g/mol. The summed E-state index contributed by atoms with van der Waals surface area (Å²) >= 11 is 6.35. The van der Waals surface area contributed by atoms with E-state index in [0.29, 0.717) is 38.4 Å². The zero-order valence-electron chi connectivity index (χ0n) is 22.0. The van der Waals surface area contributed by atoms with Crippen molar-refractivity contribution in [3.63, 3.8) is 0 Å². The highest BCUT2D eigenvalue weighted by Gasteiger charge is 2.31. The van der Waals surface area contributed by atoms with Crippen LogP contribution in [-0.2, 0) is 6.54 Å². The molecule has 8 heteroatoms. The molecule has 1 fully saturated rings. The molecule has 0 spiro atoms. The Morgan fingerprint density at radius 2 is 1.76 bits per heavy atom. The fourth-order valence-corrected chi connectivity index (χ4v) is 4.95. The third-order valence-corrected chi connectivity index (χ3v) is 6.84. The molecule has 1 saturated carbocycles. The number of Topliss-reactive ketones (excluding diaryl/α,β-unsaturated/α-hetero) is 1. The van der Waals surface area contributed by atoms with Crippen LogP contribution in [0.1, 0.15) is 79.7 Å². The zero-order valence-corrected chi connectivity index (χ0v) is 22.8. The van der Waals surface area contributed by atoms with Gasteiger partial charge in [0.1, 0.15) is 5.69 Å². The number of nitrogens with zero attached hydrogens (tertiary/aromatic N) is 3. The van der Waals surface area contributed by atoms with Crippen molar-refractivity contribution in [1.82, 2.24) is 19.7 Å². The van der Waals surface area contributed by atoms with Crippen molar-refractivity contribution in [3.8, 4) is 11.1 Å². The van der Waals surface area contributed by atoms with Gasteiger partial charge in [0.15, 0.2) is 5.78 Å². The van der Waals surface area contributed by atoms with E-state index in [4.69, 9.17) is 16.7 Å². The van der Waals surface area contributed by atoms with Crippen LogP contribution in [0, 0.1) is 0 Å². The molecule has 2 aromatic carbocycles. The highest BCUT2D eigenvalue weighted by Crippen LogP contribution is 2.36. The Labute approximate surface area is 226 Å². The van der Waals surface area contributed by atoms with Crippen LogP contribution in [0.4, 0.5) is 0 Å². The summed E-state index contributed by atoms with van der Waals surface area (Å²) in [6.07, 6.45) is 2.12. The molecule has 5 rings (SSSR count). The van der Waals surface area contributed by atoms with Crippen LogP contribution < -0.4 is 10.9 Å². The first-order chi connectivity index (χ1) is 18.1. The number of halogens is 1. The normalized spacial score (nSPS) is 13.6. The second-order valence-electron chi connectivity index (χ2n) is 10.8. The predicted molar refractivity (Wildman–Crippen MR) is 150 cm³/mol. The SMILES string of the molecule is CCC(=O)c1c(-c2ccccc2)c2cc(Cl)ccc2c(=O)n1Cc1cc(C(=O)NC(C)(C)C)n(C2CC2)n1. The summed E-state index contributed by atoms with van der Waals surface area (Å²) in [6.45, 7) is 7.63. The number of hydrogen-bond donors (Lipinski definition) is 1. The summed E-state index contributed by atoms with van der Waals surface area (Å²) in [6, 6.07) is 16.6. The number of rotatable bonds is 7. The molecule has 1 aliphatic rings. The van der Waals surface area contributed by atoms with Crippen LogP contribution in [0.15, 0.2) is 59.4 Å². The Morgan fingerprint density at radius 3 is 2.39 bits per heavy atom. The first-order valence-corrected chi connectivity index (χ1v) is 13.3. The minimum Gasteiger partial charge on any atom is -0.346 e. The Balaban J connectivity index is 1.72. The first kappa shape index (κ1) is 25.9. The highest BCUT2D eigenvalue weighted by atomic mass is 35.5. The predicted octanol–water partition coefficient (Wildman–Crippen LogP) is 6.02. The Hall–Kier alpha value is -3.71. The smallest absolute Gasteiger partial charge is 0.269 e. The van der Waals surface area contributed by atoms with Crippen molar-refractivity contribution >= 4 is 34.1 Å². The summed E-state index contributed by atoms with van der Waals surface area (Å²) < 4.78 is 3.27. The number of benzene rings is 2. The largest absolute Gasteiger partial charge is 0.346 e. The van der Waals surface area contributed by atoms with Crippen LogP contribution in [0.2, 0.25) is 5.02 Å². The second kappa shape index (κ2) is 9.87. The number of hydrogen-bond acceptors (Lipinski definition) is 4. The van der Waals surface area contributed by atoms with Crippen molar-refractivity contribution in [2.45, 2.75) is 65.1 Å². The molecule has 0 saturated heterocycles. The maximum atomic E-state index is 13.9. The molecule has 2 aromatic heterocycles. The third-order valence-electron chi connectivity index (χ3n) is 6.60. The van der Waals surface area contributed by atoms with E-state index < -0.39 is 5.54 Å². The lowest BCUT2D eigenvalue weighted by molar-refractivity contribution is 0.0907. The van der Waals surface area contributed by atoms with Gasteiger partial charge in [-0.25, -0.2) is 0 Å². The van der Waals surface area contributed by atoms with E-state index in [1.807, 2.05) is 51.1 Å². The molecule has 2 heterocycles. The lowest BCUT2D eigenvalue weighted by Crippen LogP contribution is -2.41. The van der Waals surface area contributed by atoms with Crippen molar-refractivity contribution in [2.24, 2.45) is 0 Å². The van der Waals surface area contributed by atoms with E-state index in [-0.39, 0.29) is 36.3 Å². The van der Waals surface area contributed by atoms with Crippen molar-refractivity contribution in [2.75, 3.05) is 0 Å². The lowest BCUT2D eigenvalue weighted by Gasteiger charge is -2.20. The molecule has 1 amide bonds. The van der Waals surface area contributed by atoms with Gasteiger partial charge in [-0.15, -0.1) is 0 Å². The van der Waals surface area contributed by atoms with Crippen LogP contribution >= 0.6 is 11.6 Å². The number of nitrogens with one attached hydrogen (secondary N) is 1. The third kappa shape index (κ3) is 5.03. The number of carbonyl (C=O) groups is 2. The maximum Gasteiger partial charge on any atom is 0.269 e. The molecule has 7 nitrogen and oxygen atoms in total. The van der Waals surface area contributed by atoms with Crippen molar-refractivity contribution in [1.29, 1.82) is 0 Å². The molecule has 0 bridgehead atoms. The van der Waals surface area contributed by atoms with Gasteiger partial charge in [0.2, 0.25) is 0 Å². The van der Waals surface area contributed by atoms with Crippen LogP contribution in [0.5, 0.6) is 0 Å². The number of pyridine rings is 1. The minimum atomic E-state index is -0.405. The molecule has 0 unspecified atom stereocenters. The van der Waals surface area contributed by atoms with E-state index in [1.165, 1.54) is 4.57 Å². The van der Waals surface area contributed by atoms with Crippen molar-refractivity contribution < 1.29 is 9.59 Å². The molecule has 1 aliphatic carbocycles. The fraction of sp³-hybridized carbons (Fsp3) is 0.333. The van der Waals surface area contributed by atoms with Gasteiger partial charge in [-0.3, -0.25) is 23.6 Å². The van der Waals surface area contributed by atoms with Gasteiger partial charge >= 0.3 is 0 Å². The average Bonchev–Trinajstić information content (AvgIpc) is 3.63. The fourth-order valence-electron chi connectivity index (χ4n) is 4.78. The molecular formula is C30H31ClN4O3. The average molecular weight is 531 g/mol. The van der Waals surface area contributed by atoms with Gasteiger partial charge in [0.25, 0.3) is 11.5 Å². The van der Waals surface area contributed by atoms with Crippen molar-refractivity contribution in [3.05, 3.63) is 87.1 Å². The van der Waals surface area contributed by atoms with Gasteiger partial charge in [-0.1, -0.05) is 48.9 Å². The molecule has 0 radical (unpaired) electrons. The van der Waals surface area contributed by atoms with Crippen LogP contribution in [-0.4, -0.2) is 31.6 Å². The standard InChI is InChI=1S/C30H31ClN4O3/c1-5-25(36)27-26(18-9-7-6-8-10-18)23-15-19(31)11-14-22(23)29(38)34(27)17-20-16-24(28(37)32-30(2,3)4)35(33-20)21-12-13-21/h6-11,14-16,21H,5,12-13,17H2,1-4H3,(H,32,37). The number of carbonyl (C=O) groups excluding carboxylic acids is 2. The Bertz CT molecular complexity index is 1610. The Morgan fingerprint density at radius 1 is 1.05 bits per heavy atom. The molecule has 0 atom stereocenters. The van der Waals surface area contributed by atoms with E-state index in [9.17, 15) is 14.4 Å². The quantitative estimate of drug-likeness (QED) is 0.296. The molecule has 38 heavy (non-hydrogen) atoms. The van der Waals surface area contributed by atoms with Crippen LogP contribution in [0.25, 0.3) is 21.9 Å². The summed E-state index contributed by atoms with van der Waals surface area (Å²) in [5.41, 5.74) is 2.12. The van der Waals surface area contributed by atoms with E-state index >= 15 is 0 Å². The van der Waals surface area contributed by atoms with E-state index in [0.717, 1.165) is 18.4 Å². The topological polar surface area (TPSA) is 86.0 Å². The summed E-state index contributed by atoms with van der Waals surface area (Å²) in [5, 5.41) is 9.34. The molecule has 0 aliphatic heterocycles. The zero-order chi connectivity index (χ0) is 27.2. The van der Waals surface area contributed by atoms with E-state index in [1.54, 1.807) is 35.9 Å². The Kier molecular flexibility index (Phi) is 6.73. The van der Waals surface area contributed by atoms with Gasteiger partial charge in [-0.05, 0) is 68.8 Å². The molecule has 196 valence electrons. The van der Waals surface area contributed by atoms with Crippen LogP contribution in [0.3, 0.4) is 0 Å². The summed E-state index contributed by atoms with van der Waals surface area (Å²) in [4.78, 5) is 40.5. The highest BCUT2D eigenvalue weighted by molar-refractivity contribution is 6.31. The number of aromatic nitrogens is 3. The van der Waals surface area contributed by atoms with Gasteiger partial charge in [-0.2, -0.15) is 5.10 Å². The minimum absolute atomic E-state index is 0.0633. The van der Waals surface area contributed by atoms with Gasteiger partial charge in [0, 0.05) is 27.9 Å².